The fourth-order valence-corrected chi connectivity index (χ4v) is 4.56. The first-order valence-corrected chi connectivity index (χ1v) is 12.0. The molecule has 0 aliphatic carbocycles. The van der Waals surface area contributed by atoms with Crippen molar-refractivity contribution >= 4 is 63.1 Å². The summed E-state index contributed by atoms with van der Waals surface area (Å²) < 4.78 is 16.3. The van der Waals surface area contributed by atoms with E-state index in [1.54, 1.807) is 32.1 Å². The van der Waals surface area contributed by atoms with Crippen LogP contribution in [0.1, 0.15) is 19.4 Å². The Morgan fingerprint density at radius 1 is 1.09 bits per heavy atom. The number of para-hydroxylation sites is 1. The minimum atomic E-state index is -0.627. The van der Waals surface area contributed by atoms with Crippen LogP contribution in [0.5, 0.6) is 5.75 Å². The van der Waals surface area contributed by atoms with Crippen molar-refractivity contribution in [2.75, 3.05) is 19.8 Å². The molecule has 2 aromatic rings. The summed E-state index contributed by atoms with van der Waals surface area (Å²) in [6.07, 6.45) is 1.75. The maximum Gasteiger partial charge on any atom is 0.344 e. The van der Waals surface area contributed by atoms with Crippen molar-refractivity contribution in [1.82, 2.24) is 0 Å². The number of ether oxygens (including phenoxy) is 3. The van der Waals surface area contributed by atoms with Crippen molar-refractivity contribution in [2.45, 2.75) is 13.8 Å². The molecule has 1 N–H and O–H groups in total. The summed E-state index contributed by atoms with van der Waals surface area (Å²) in [5, 5.41) is 11.2. The number of aliphatic hydroxyl groups excluding tert-OH is 1. The van der Waals surface area contributed by atoms with Gasteiger partial charge in [0.2, 0.25) is 0 Å². The van der Waals surface area contributed by atoms with Crippen molar-refractivity contribution < 1.29 is 28.9 Å². The number of nitrogens with zero attached hydrogens (tertiary/aromatic N) is 1. The molecule has 7 nitrogen and oxygen atoms in total. The minimum absolute atomic E-state index is 0.0426. The number of thioether (sulfide) groups is 1. The molecule has 0 aromatic heterocycles. The Bertz CT molecular complexity index is 1130. The number of esters is 2. The van der Waals surface area contributed by atoms with E-state index in [2.05, 4.69) is 27.6 Å². The molecule has 0 amide bonds. The van der Waals surface area contributed by atoms with Gasteiger partial charge in [0, 0.05) is 0 Å². The Labute approximate surface area is 209 Å². The van der Waals surface area contributed by atoms with E-state index in [-0.39, 0.29) is 24.5 Å². The lowest BCUT2D eigenvalue weighted by molar-refractivity contribution is -0.145. The highest BCUT2D eigenvalue weighted by Gasteiger charge is 2.33. The molecular weight excluding hydrogens is 557 g/mol. The molecule has 0 spiro atoms. The van der Waals surface area contributed by atoms with Gasteiger partial charge < -0.3 is 19.3 Å². The average molecular weight is 579 g/mol. The molecule has 2 aromatic carbocycles. The molecule has 33 heavy (non-hydrogen) atoms. The lowest BCUT2D eigenvalue weighted by Crippen LogP contribution is -2.14. The van der Waals surface area contributed by atoms with E-state index in [4.69, 9.17) is 14.2 Å². The van der Waals surface area contributed by atoms with Gasteiger partial charge in [-0.05, 0) is 72.3 Å². The first-order valence-electron chi connectivity index (χ1n) is 10.1. The maximum atomic E-state index is 12.5. The largest absolute Gasteiger partial charge is 0.506 e. The SMILES string of the molecule is CCOC(=O)COc1ccc(/C=C2\SC(=Nc3ccccc3)C(C(=O)OCC)=C2O)cc1I. The second-order valence-corrected chi connectivity index (χ2v) is 8.78. The normalized spacial score (nSPS) is 15.7. The highest BCUT2D eigenvalue weighted by Crippen LogP contribution is 2.40. The van der Waals surface area contributed by atoms with Gasteiger partial charge in [-0.1, -0.05) is 36.0 Å². The summed E-state index contributed by atoms with van der Waals surface area (Å²) in [4.78, 5) is 29.0. The third-order valence-electron chi connectivity index (χ3n) is 4.26. The maximum absolute atomic E-state index is 12.5. The van der Waals surface area contributed by atoms with Gasteiger partial charge in [-0.2, -0.15) is 0 Å². The third kappa shape index (κ3) is 6.61. The standard InChI is InChI=1S/C24H22INO6S/c1-3-30-20(27)14-32-18-11-10-15(12-17(18)25)13-19-22(28)21(24(29)31-4-2)23(33-19)26-16-8-6-5-7-9-16/h5-13,28H,3-4,14H2,1-2H3/b19-13-,26-23?. The fourth-order valence-electron chi connectivity index (χ4n) is 2.83. The molecule has 0 saturated heterocycles. The van der Waals surface area contributed by atoms with Crippen molar-refractivity contribution in [3.8, 4) is 5.75 Å². The highest BCUT2D eigenvalue weighted by molar-refractivity contribution is 14.1. The molecule has 0 fully saturated rings. The van der Waals surface area contributed by atoms with Crippen LogP contribution in [-0.4, -0.2) is 41.9 Å². The quantitative estimate of drug-likeness (QED) is 0.330. The predicted molar refractivity (Wildman–Crippen MR) is 137 cm³/mol. The van der Waals surface area contributed by atoms with Gasteiger partial charge in [-0.3, -0.25) is 0 Å². The summed E-state index contributed by atoms with van der Waals surface area (Å²) in [6, 6.07) is 14.6. The van der Waals surface area contributed by atoms with E-state index >= 15 is 0 Å². The second-order valence-electron chi connectivity index (χ2n) is 6.59. The number of hydrogen-bond donors (Lipinski definition) is 1. The van der Waals surface area contributed by atoms with Crippen LogP contribution < -0.4 is 4.74 Å². The van der Waals surface area contributed by atoms with Gasteiger partial charge >= 0.3 is 11.9 Å². The molecule has 0 bridgehead atoms. The molecule has 1 aliphatic heterocycles. The zero-order valence-corrected chi connectivity index (χ0v) is 21.0. The van der Waals surface area contributed by atoms with E-state index < -0.39 is 11.9 Å². The molecule has 0 atom stereocenters. The van der Waals surface area contributed by atoms with E-state index in [0.29, 0.717) is 28.0 Å². The number of halogens is 1. The zero-order chi connectivity index (χ0) is 23.8. The number of carbonyl (C=O) groups excluding carboxylic acids is 2. The van der Waals surface area contributed by atoms with Crippen LogP contribution in [0.2, 0.25) is 0 Å². The van der Waals surface area contributed by atoms with Gasteiger partial charge in [0.25, 0.3) is 0 Å². The van der Waals surface area contributed by atoms with Crippen LogP contribution >= 0.6 is 34.4 Å². The van der Waals surface area contributed by atoms with Gasteiger partial charge in [0.05, 0.1) is 27.4 Å². The number of hydrogen-bond acceptors (Lipinski definition) is 8. The fraction of sp³-hybridized carbons (Fsp3) is 0.208. The number of rotatable bonds is 8. The summed E-state index contributed by atoms with van der Waals surface area (Å²) in [7, 11) is 0. The van der Waals surface area contributed by atoms with Crippen molar-refractivity contribution in [3.05, 3.63) is 73.9 Å². The van der Waals surface area contributed by atoms with Gasteiger partial charge in [0.1, 0.15) is 22.1 Å². The Morgan fingerprint density at radius 2 is 1.82 bits per heavy atom. The van der Waals surface area contributed by atoms with Crippen LogP contribution in [0.15, 0.2) is 69.8 Å². The Hall–Kier alpha value is -2.79. The topological polar surface area (TPSA) is 94.4 Å². The van der Waals surface area contributed by atoms with Crippen LogP contribution in [0.25, 0.3) is 6.08 Å². The van der Waals surface area contributed by atoms with Crippen LogP contribution in [0.4, 0.5) is 5.69 Å². The monoisotopic (exact) mass is 579 g/mol. The number of aliphatic hydroxyl groups is 1. The lowest BCUT2D eigenvalue weighted by Gasteiger charge is -2.08. The van der Waals surface area contributed by atoms with Crippen LogP contribution in [-0.2, 0) is 19.1 Å². The Morgan fingerprint density at radius 3 is 2.48 bits per heavy atom. The third-order valence-corrected chi connectivity index (χ3v) is 6.12. The van der Waals surface area contributed by atoms with E-state index in [9.17, 15) is 14.7 Å². The number of carbonyl (C=O) groups is 2. The van der Waals surface area contributed by atoms with Crippen LogP contribution in [0.3, 0.4) is 0 Å². The molecule has 9 heteroatoms. The summed E-state index contributed by atoms with van der Waals surface area (Å²) >= 11 is 3.30. The van der Waals surface area contributed by atoms with Gasteiger partial charge in [0.15, 0.2) is 6.61 Å². The van der Waals surface area contributed by atoms with Gasteiger partial charge in [-0.15, -0.1) is 0 Å². The molecule has 0 unspecified atom stereocenters. The van der Waals surface area contributed by atoms with Gasteiger partial charge in [-0.25, -0.2) is 14.6 Å². The molecule has 1 aliphatic rings. The Kier molecular flexibility index (Phi) is 8.95. The Balaban J connectivity index is 1.88. The van der Waals surface area contributed by atoms with E-state index in [0.717, 1.165) is 9.13 Å². The van der Waals surface area contributed by atoms with E-state index in [1.165, 1.54) is 11.8 Å². The number of benzene rings is 2. The molecule has 0 saturated carbocycles. The molecule has 3 rings (SSSR count). The highest BCUT2D eigenvalue weighted by atomic mass is 127. The summed E-state index contributed by atoms with van der Waals surface area (Å²) in [5.74, 6) is -0.694. The average Bonchev–Trinajstić information content (AvgIpc) is 3.08. The molecule has 0 radical (unpaired) electrons. The van der Waals surface area contributed by atoms with Crippen molar-refractivity contribution in [1.29, 1.82) is 0 Å². The van der Waals surface area contributed by atoms with Crippen molar-refractivity contribution in [3.63, 3.8) is 0 Å². The second kappa shape index (κ2) is 11.9. The summed E-state index contributed by atoms with van der Waals surface area (Å²) in [6.45, 7) is 3.74. The molecule has 172 valence electrons. The van der Waals surface area contributed by atoms with E-state index in [1.807, 2.05) is 36.4 Å². The summed E-state index contributed by atoms with van der Waals surface area (Å²) in [5.41, 5.74) is 1.48. The number of aliphatic imine (C=N–C) groups is 1. The molecule has 1 heterocycles. The first-order chi connectivity index (χ1) is 15.9. The van der Waals surface area contributed by atoms with Crippen molar-refractivity contribution in [2.24, 2.45) is 4.99 Å². The smallest absolute Gasteiger partial charge is 0.344 e. The van der Waals surface area contributed by atoms with Crippen LogP contribution in [0, 0.1) is 3.57 Å². The predicted octanol–water partition coefficient (Wildman–Crippen LogP) is 5.43. The zero-order valence-electron chi connectivity index (χ0n) is 18.0. The lowest BCUT2D eigenvalue weighted by atomic mass is 10.1. The minimum Gasteiger partial charge on any atom is -0.506 e. The molecular formula is C24H22INO6S. The first kappa shape index (κ1) is 24.8.